The smallest absolute Gasteiger partial charge is 0.277 e. The van der Waals surface area contributed by atoms with Gasteiger partial charge in [-0.15, -0.1) is 0 Å². The fourth-order valence-corrected chi connectivity index (χ4v) is 2.08. The van der Waals surface area contributed by atoms with E-state index in [-0.39, 0.29) is 12.3 Å². The minimum absolute atomic E-state index is 0.0297. The van der Waals surface area contributed by atoms with E-state index in [0.29, 0.717) is 15.9 Å². The van der Waals surface area contributed by atoms with Crippen LogP contribution in [0.5, 0.6) is 5.88 Å². The van der Waals surface area contributed by atoms with Gasteiger partial charge in [-0.25, -0.2) is 4.98 Å². The van der Waals surface area contributed by atoms with Crippen molar-refractivity contribution in [3.05, 3.63) is 62.2 Å². The molecule has 0 N–H and O–H groups in total. The van der Waals surface area contributed by atoms with Crippen molar-refractivity contribution >= 4 is 21.6 Å². The molecule has 0 aliphatic heterocycles. The Kier molecular flexibility index (Phi) is 4.11. The van der Waals surface area contributed by atoms with Crippen LogP contribution < -0.4 is 4.74 Å². The number of nitro groups is 1. The van der Waals surface area contributed by atoms with Crippen LogP contribution in [0.1, 0.15) is 11.3 Å². The second-order valence-electron chi connectivity index (χ2n) is 3.90. The van der Waals surface area contributed by atoms with Crippen LogP contribution in [0.3, 0.4) is 0 Å². The standard InChI is InChI=1S/C13H11BrN2O3/c1-9-4-2-7-13(15-9)19-8-10-11(14)5-3-6-12(10)16(17)18/h2-7H,8H2,1H3. The van der Waals surface area contributed by atoms with E-state index in [4.69, 9.17) is 4.74 Å². The van der Waals surface area contributed by atoms with E-state index < -0.39 is 4.92 Å². The van der Waals surface area contributed by atoms with Gasteiger partial charge in [0.1, 0.15) is 6.61 Å². The van der Waals surface area contributed by atoms with Gasteiger partial charge in [0, 0.05) is 22.3 Å². The van der Waals surface area contributed by atoms with E-state index in [1.165, 1.54) is 6.07 Å². The molecule has 0 unspecified atom stereocenters. The summed E-state index contributed by atoms with van der Waals surface area (Å²) in [5, 5.41) is 11.0. The predicted octanol–water partition coefficient (Wildman–Crippen LogP) is 3.64. The number of nitrogens with zero attached hydrogens (tertiary/aromatic N) is 2. The molecule has 0 aliphatic rings. The zero-order valence-electron chi connectivity index (χ0n) is 10.2. The first-order valence-electron chi connectivity index (χ1n) is 5.56. The number of ether oxygens (including phenoxy) is 1. The maximum atomic E-state index is 11.0. The SMILES string of the molecule is Cc1cccc(OCc2c(Br)cccc2[N+](=O)[O-])n1. The number of aromatic nitrogens is 1. The Balaban J connectivity index is 2.22. The van der Waals surface area contributed by atoms with Gasteiger partial charge < -0.3 is 4.74 Å². The highest BCUT2D eigenvalue weighted by atomic mass is 79.9. The van der Waals surface area contributed by atoms with Crippen molar-refractivity contribution in [1.82, 2.24) is 4.98 Å². The van der Waals surface area contributed by atoms with Gasteiger partial charge in [0.05, 0.1) is 10.5 Å². The molecule has 0 fully saturated rings. The van der Waals surface area contributed by atoms with Crippen molar-refractivity contribution in [2.75, 3.05) is 0 Å². The average Bonchev–Trinajstić information content (AvgIpc) is 2.37. The van der Waals surface area contributed by atoms with Gasteiger partial charge in [-0.2, -0.15) is 0 Å². The van der Waals surface area contributed by atoms with Gasteiger partial charge >= 0.3 is 0 Å². The average molecular weight is 323 g/mol. The van der Waals surface area contributed by atoms with Gasteiger partial charge in [0.2, 0.25) is 5.88 Å². The fourth-order valence-electron chi connectivity index (χ4n) is 1.61. The molecule has 0 amide bonds. The van der Waals surface area contributed by atoms with Crippen LogP contribution >= 0.6 is 15.9 Å². The highest BCUT2D eigenvalue weighted by Gasteiger charge is 2.16. The summed E-state index contributed by atoms with van der Waals surface area (Å²) in [5.74, 6) is 0.449. The number of hydrogen-bond acceptors (Lipinski definition) is 4. The number of hydrogen-bond donors (Lipinski definition) is 0. The topological polar surface area (TPSA) is 65.3 Å². The monoisotopic (exact) mass is 322 g/mol. The van der Waals surface area contributed by atoms with E-state index in [0.717, 1.165) is 5.69 Å². The summed E-state index contributed by atoms with van der Waals surface area (Å²) >= 11 is 3.30. The summed E-state index contributed by atoms with van der Waals surface area (Å²) in [6, 6.07) is 10.2. The van der Waals surface area contributed by atoms with Crippen molar-refractivity contribution in [3.63, 3.8) is 0 Å². The summed E-state index contributed by atoms with van der Waals surface area (Å²) < 4.78 is 6.15. The van der Waals surface area contributed by atoms with E-state index >= 15 is 0 Å². The molecule has 2 aromatic rings. The minimum atomic E-state index is -0.423. The lowest BCUT2D eigenvalue weighted by molar-refractivity contribution is -0.385. The van der Waals surface area contributed by atoms with E-state index in [1.807, 2.05) is 19.1 Å². The number of nitro benzene ring substituents is 1. The Morgan fingerprint density at radius 2 is 2.05 bits per heavy atom. The highest BCUT2D eigenvalue weighted by molar-refractivity contribution is 9.10. The lowest BCUT2D eigenvalue weighted by atomic mass is 10.2. The van der Waals surface area contributed by atoms with Crippen LogP contribution in [0.4, 0.5) is 5.69 Å². The molecule has 5 nitrogen and oxygen atoms in total. The number of benzene rings is 1. The van der Waals surface area contributed by atoms with E-state index in [9.17, 15) is 10.1 Å². The van der Waals surface area contributed by atoms with Crippen LogP contribution in [-0.4, -0.2) is 9.91 Å². The van der Waals surface area contributed by atoms with Gasteiger partial charge in [0.15, 0.2) is 0 Å². The molecule has 0 saturated carbocycles. The van der Waals surface area contributed by atoms with Gasteiger partial charge in [0.25, 0.3) is 5.69 Å². The zero-order chi connectivity index (χ0) is 13.8. The molecule has 1 heterocycles. The second-order valence-corrected chi connectivity index (χ2v) is 4.75. The third-order valence-corrected chi connectivity index (χ3v) is 3.26. The molecule has 98 valence electrons. The molecule has 1 aromatic heterocycles. The second kappa shape index (κ2) is 5.79. The maximum Gasteiger partial charge on any atom is 0.277 e. The summed E-state index contributed by atoms with van der Waals surface area (Å²) in [6.45, 7) is 1.95. The summed E-state index contributed by atoms with van der Waals surface area (Å²) in [4.78, 5) is 14.7. The molecule has 0 aliphatic carbocycles. The molecule has 0 radical (unpaired) electrons. The Bertz CT molecular complexity index is 617. The Labute approximate surface area is 118 Å². The largest absolute Gasteiger partial charge is 0.472 e. The molecule has 2 rings (SSSR count). The molecule has 19 heavy (non-hydrogen) atoms. The van der Waals surface area contributed by atoms with Crippen molar-refractivity contribution < 1.29 is 9.66 Å². The lowest BCUT2D eigenvalue weighted by Gasteiger charge is -2.08. The summed E-state index contributed by atoms with van der Waals surface area (Å²) in [7, 11) is 0. The molecule has 0 bridgehead atoms. The number of rotatable bonds is 4. The number of pyridine rings is 1. The third-order valence-electron chi connectivity index (χ3n) is 2.52. The quantitative estimate of drug-likeness (QED) is 0.636. The van der Waals surface area contributed by atoms with E-state index in [1.54, 1.807) is 18.2 Å². The number of aryl methyl sites for hydroxylation is 1. The lowest BCUT2D eigenvalue weighted by Crippen LogP contribution is -2.02. The van der Waals surface area contributed by atoms with Gasteiger partial charge in [-0.1, -0.05) is 28.1 Å². The molecular weight excluding hydrogens is 312 g/mol. The van der Waals surface area contributed by atoms with Crippen LogP contribution in [0.2, 0.25) is 0 Å². The maximum absolute atomic E-state index is 11.0. The predicted molar refractivity (Wildman–Crippen MR) is 74.1 cm³/mol. The first kappa shape index (κ1) is 13.5. The zero-order valence-corrected chi connectivity index (χ0v) is 11.8. The third kappa shape index (κ3) is 3.29. The van der Waals surface area contributed by atoms with Crippen LogP contribution in [-0.2, 0) is 6.61 Å². The van der Waals surface area contributed by atoms with Crippen molar-refractivity contribution in [2.45, 2.75) is 13.5 Å². The van der Waals surface area contributed by atoms with Crippen molar-refractivity contribution in [2.24, 2.45) is 0 Å². The minimum Gasteiger partial charge on any atom is -0.472 e. The van der Waals surface area contributed by atoms with Gasteiger partial charge in [-0.05, 0) is 19.1 Å². The molecule has 0 saturated heterocycles. The van der Waals surface area contributed by atoms with Crippen LogP contribution in [0, 0.1) is 17.0 Å². The van der Waals surface area contributed by atoms with Crippen LogP contribution in [0.15, 0.2) is 40.9 Å². The molecule has 1 aromatic carbocycles. The normalized spacial score (nSPS) is 10.2. The molecule has 6 heteroatoms. The van der Waals surface area contributed by atoms with Crippen molar-refractivity contribution in [1.29, 1.82) is 0 Å². The first-order valence-corrected chi connectivity index (χ1v) is 6.35. The molecule has 0 spiro atoms. The molecular formula is C13H11BrN2O3. The highest BCUT2D eigenvalue weighted by Crippen LogP contribution is 2.27. The first-order chi connectivity index (χ1) is 9.08. The summed E-state index contributed by atoms with van der Waals surface area (Å²) in [6.07, 6.45) is 0. The van der Waals surface area contributed by atoms with Crippen LogP contribution in [0.25, 0.3) is 0 Å². The Hall–Kier alpha value is -1.95. The van der Waals surface area contributed by atoms with Crippen molar-refractivity contribution in [3.8, 4) is 5.88 Å². The Morgan fingerprint density at radius 3 is 2.74 bits per heavy atom. The molecule has 0 atom stereocenters. The fraction of sp³-hybridized carbons (Fsp3) is 0.154. The van der Waals surface area contributed by atoms with E-state index in [2.05, 4.69) is 20.9 Å². The summed E-state index contributed by atoms with van der Waals surface area (Å²) in [5.41, 5.74) is 1.36. The Morgan fingerprint density at radius 1 is 1.32 bits per heavy atom. The number of halogens is 1. The van der Waals surface area contributed by atoms with Gasteiger partial charge in [-0.3, -0.25) is 10.1 Å².